The summed E-state index contributed by atoms with van der Waals surface area (Å²) >= 11 is 0. The number of rotatable bonds is 9. The predicted molar refractivity (Wildman–Crippen MR) is 68.8 cm³/mol. The molecule has 0 spiro atoms. The normalized spacial score (nSPS) is 10.3. The first-order valence-corrected chi connectivity index (χ1v) is 6.15. The van der Waals surface area contributed by atoms with Gasteiger partial charge in [-0.25, -0.2) is 0 Å². The summed E-state index contributed by atoms with van der Waals surface area (Å²) in [6, 6.07) is 7.77. The van der Waals surface area contributed by atoms with Gasteiger partial charge in [-0.3, -0.25) is 4.79 Å². The van der Waals surface area contributed by atoms with Gasteiger partial charge < -0.3 is 14.6 Å². The first kappa shape index (κ1) is 14.5. The number of aliphatic carboxylic acids is 1. The van der Waals surface area contributed by atoms with Crippen LogP contribution in [0, 0.1) is 0 Å². The van der Waals surface area contributed by atoms with Gasteiger partial charge in [-0.1, -0.05) is 18.6 Å². The average Bonchev–Trinajstić information content (AvgIpc) is 2.37. The molecule has 0 unspecified atom stereocenters. The smallest absolute Gasteiger partial charge is 0.303 e. The molecule has 1 rings (SSSR count). The summed E-state index contributed by atoms with van der Waals surface area (Å²) in [6.07, 6.45) is 2.76. The van der Waals surface area contributed by atoms with Crippen LogP contribution in [-0.4, -0.2) is 24.8 Å². The minimum absolute atomic E-state index is 0.246. The molecule has 0 aliphatic carbocycles. The topological polar surface area (TPSA) is 55.8 Å². The molecule has 1 aromatic rings. The van der Waals surface area contributed by atoms with E-state index in [4.69, 9.17) is 14.6 Å². The maximum absolute atomic E-state index is 10.3. The van der Waals surface area contributed by atoms with Crippen LogP contribution < -0.4 is 4.74 Å². The van der Waals surface area contributed by atoms with E-state index in [1.807, 2.05) is 24.3 Å². The van der Waals surface area contributed by atoms with Crippen molar-refractivity contribution in [2.75, 3.05) is 13.7 Å². The Morgan fingerprint density at radius 2 is 2.11 bits per heavy atom. The van der Waals surface area contributed by atoms with Crippen molar-refractivity contribution in [3.05, 3.63) is 29.8 Å². The van der Waals surface area contributed by atoms with Crippen LogP contribution in [0.25, 0.3) is 0 Å². The zero-order valence-electron chi connectivity index (χ0n) is 10.7. The Hall–Kier alpha value is -1.55. The van der Waals surface area contributed by atoms with E-state index in [0.717, 1.165) is 30.6 Å². The summed E-state index contributed by atoms with van der Waals surface area (Å²) in [7, 11) is 1.64. The lowest BCUT2D eigenvalue weighted by Crippen LogP contribution is -1.98. The van der Waals surface area contributed by atoms with Crippen molar-refractivity contribution in [1.29, 1.82) is 0 Å². The zero-order valence-corrected chi connectivity index (χ0v) is 10.7. The van der Waals surface area contributed by atoms with Crippen molar-refractivity contribution < 1.29 is 19.4 Å². The van der Waals surface area contributed by atoms with Gasteiger partial charge in [0.1, 0.15) is 5.75 Å². The minimum Gasteiger partial charge on any atom is -0.497 e. The van der Waals surface area contributed by atoms with Gasteiger partial charge in [-0.2, -0.15) is 0 Å². The third kappa shape index (κ3) is 6.25. The molecule has 0 bridgehead atoms. The highest BCUT2D eigenvalue weighted by Crippen LogP contribution is 2.13. The molecular weight excluding hydrogens is 232 g/mol. The van der Waals surface area contributed by atoms with Crippen LogP contribution in [-0.2, 0) is 16.1 Å². The van der Waals surface area contributed by atoms with E-state index in [1.54, 1.807) is 7.11 Å². The molecule has 0 fully saturated rings. The fourth-order valence-corrected chi connectivity index (χ4v) is 1.61. The van der Waals surface area contributed by atoms with Gasteiger partial charge >= 0.3 is 5.97 Å². The first-order chi connectivity index (χ1) is 8.72. The molecule has 0 atom stereocenters. The molecule has 18 heavy (non-hydrogen) atoms. The monoisotopic (exact) mass is 252 g/mol. The Balaban J connectivity index is 2.08. The van der Waals surface area contributed by atoms with Crippen molar-refractivity contribution in [3.8, 4) is 5.75 Å². The van der Waals surface area contributed by atoms with Crippen molar-refractivity contribution in [2.24, 2.45) is 0 Å². The van der Waals surface area contributed by atoms with Crippen LogP contribution in [0.4, 0.5) is 0 Å². The van der Waals surface area contributed by atoms with Gasteiger partial charge in [0.15, 0.2) is 0 Å². The van der Waals surface area contributed by atoms with Crippen molar-refractivity contribution in [3.63, 3.8) is 0 Å². The first-order valence-electron chi connectivity index (χ1n) is 6.15. The number of hydrogen-bond donors (Lipinski definition) is 1. The van der Waals surface area contributed by atoms with Gasteiger partial charge in [0, 0.05) is 13.0 Å². The van der Waals surface area contributed by atoms with Crippen LogP contribution in [0.15, 0.2) is 24.3 Å². The standard InChI is InChI=1S/C14H20O4/c1-17-13-7-5-6-12(10-13)11-18-9-4-2-3-8-14(15)16/h5-7,10H,2-4,8-9,11H2,1H3,(H,15,16). The molecule has 0 amide bonds. The van der Waals surface area contributed by atoms with E-state index in [1.165, 1.54) is 0 Å². The number of carbonyl (C=O) groups is 1. The fourth-order valence-electron chi connectivity index (χ4n) is 1.61. The van der Waals surface area contributed by atoms with Gasteiger partial charge in [0.2, 0.25) is 0 Å². The highest BCUT2D eigenvalue weighted by molar-refractivity contribution is 5.66. The third-order valence-corrected chi connectivity index (χ3v) is 2.58. The molecule has 100 valence electrons. The Kier molecular flexibility index (Phi) is 6.87. The number of carboxylic acids is 1. The van der Waals surface area contributed by atoms with E-state index in [9.17, 15) is 4.79 Å². The number of methoxy groups -OCH3 is 1. The van der Waals surface area contributed by atoms with Crippen molar-refractivity contribution in [2.45, 2.75) is 32.3 Å². The maximum Gasteiger partial charge on any atom is 0.303 e. The summed E-state index contributed by atoms with van der Waals surface area (Å²) in [4.78, 5) is 10.3. The second kappa shape index (κ2) is 8.53. The van der Waals surface area contributed by atoms with Crippen LogP contribution in [0.1, 0.15) is 31.2 Å². The number of hydrogen-bond acceptors (Lipinski definition) is 3. The van der Waals surface area contributed by atoms with Crippen LogP contribution in [0.2, 0.25) is 0 Å². The number of ether oxygens (including phenoxy) is 2. The highest BCUT2D eigenvalue weighted by Gasteiger charge is 1.98. The number of unbranched alkanes of at least 4 members (excludes halogenated alkanes) is 2. The SMILES string of the molecule is COc1cccc(COCCCCCC(=O)O)c1. The van der Waals surface area contributed by atoms with E-state index < -0.39 is 5.97 Å². The number of benzene rings is 1. The van der Waals surface area contributed by atoms with Crippen molar-refractivity contribution >= 4 is 5.97 Å². The predicted octanol–water partition coefficient (Wildman–Crippen LogP) is 2.86. The minimum atomic E-state index is -0.729. The van der Waals surface area contributed by atoms with E-state index in [2.05, 4.69) is 0 Å². The number of carboxylic acid groups (broad SMARTS) is 1. The maximum atomic E-state index is 10.3. The van der Waals surface area contributed by atoms with Gasteiger partial charge in [0.25, 0.3) is 0 Å². The molecule has 0 saturated heterocycles. The molecule has 0 aliphatic heterocycles. The highest BCUT2D eigenvalue weighted by atomic mass is 16.5. The summed E-state index contributed by atoms with van der Waals surface area (Å²) in [5, 5.41) is 8.47. The summed E-state index contributed by atoms with van der Waals surface area (Å²) in [5.74, 6) is 0.102. The molecular formula is C14H20O4. The lowest BCUT2D eigenvalue weighted by atomic mass is 10.2. The zero-order chi connectivity index (χ0) is 13.2. The summed E-state index contributed by atoms with van der Waals surface area (Å²) in [6.45, 7) is 1.23. The van der Waals surface area contributed by atoms with E-state index in [0.29, 0.717) is 13.2 Å². The quantitative estimate of drug-likeness (QED) is 0.687. The molecule has 0 aliphatic rings. The van der Waals surface area contributed by atoms with Crippen LogP contribution >= 0.6 is 0 Å². The molecule has 0 aromatic heterocycles. The van der Waals surface area contributed by atoms with E-state index >= 15 is 0 Å². The third-order valence-electron chi connectivity index (χ3n) is 2.58. The lowest BCUT2D eigenvalue weighted by Gasteiger charge is -2.06. The average molecular weight is 252 g/mol. The Labute approximate surface area is 108 Å². The van der Waals surface area contributed by atoms with Gasteiger partial charge in [-0.15, -0.1) is 0 Å². The Morgan fingerprint density at radius 3 is 2.83 bits per heavy atom. The second-order valence-electron chi connectivity index (χ2n) is 4.11. The largest absolute Gasteiger partial charge is 0.497 e. The molecule has 0 heterocycles. The summed E-state index contributed by atoms with van der Waals surface area (Å²) in [5.41, 5.74) is 1.08. The summed E-state index contributed by atoms with van der Waals surface area (Å²) < 4.78 is 10.6. The lowest BCUT2D eigenvalue weighted by molar-refractivity contribution is -0.137. The van der Waals surface area contributed by atoms with Crippen molar-refractivity contribution in [1.82, 2.24) is 0 Å². The second-order valence-corrected chi connectivity index (χ2v) is 4.11. The molecule has 4 nitrogen and oxygen atoms in total. The fraction of sp³-hybridized carbons (Fsp3) is 0.500. The van der Waals surface area contributed by atoms with Crippen LogP contribution in [0.3, 0.4) is 0 Å². The van der Waals surface area contributed by atoms with Gasteiger partial charge in [-0.05, 0) is 30.5 Å². The van der Waals surface area contributed by atoms with E-state index in [-0.39, 0.29) is 6.42 Å². The van der Waals surface area contributed by atoms with Gasteiger partial charge in [0.05, 0.1) is 13.7 Å². The van der Waals surface area contributed by atoms with Crippen LogP contribution in [0.5, 0.6) is 5.75 Å². The molecule has 0 saturated carbocycles. The Bertz CT molecular complexity index is 363. The molecule has 1 N–H and O–H groups in total. The molecule has 4 heteroatoms. The Morgan fingerprint density at radius 1 is 1.28 bits per heavy atom. The molecule has 1 aromatic carbocycles. The molecule has 0 radical (unpaired) electrons.